The second-order valence-electron chi connectivity index (χ2n) is 9.49. The zero-order chi connectivity index (χ0) is 23.7. The molecule has 3 aliphatic rings. The fraction of sp³-hybridized carbons (Fsp3) is 0.500. The number of hydrogen-bond acceptors (Lipinski definition) is 1. The van der Waals surface area contributed by atoms with Crippen molar-refractivity contribution in [1.82, 2.24) is 4.90 Å². The van der Waals surface area contributed by atoms with E-state index in [1.54, 1.807) is 0 Å². The summed E-state index contributed by atoms with van der Waals surface area (Å²) in [6.45, 7) is 5.13. The first-order valence-electron chi connectivity index (χ1n) is 11.8. The summed E-state index contributed by atoms with van der Waals surface area (Å²) >= 11 is 19.1. The van der Waals surface area contributed by atoms with Gasteiger partial charge in [0.15, 0.2) is 0 Å². The molecule has 4 atom stereocenters. The van der Waals surface area contributed by atoms with Crippen LogP contribution in [0.2, 0.25) is 15.1 Å². The third-order valence-electron chi connectivity index (χ3n) is 7.61. The fourth-order valence-corrected chi connectivity index (χ4v) is 6.33. The van der Waals surface area contributed by atoms with Gasteiger partial charge in [-0.3, -0.25) is 0 Å². The Bertz CT molecular complexity index is 1010. The Morgan fingerprint density at radius 1 is 1.06 bits per heavy atom. The van der Waals surface area contributed by atoms with Crippen LogP contribution in [-0.2, 0) is 12.8 Å². The minimum Gasteiger partial charge on any atom is -0.321 e. The number of fused-ring (bicyclic) bond motifs is 5. The second kappa shape index (κ2) is 10.4. The van der Waals surface area contributed by atoms with E-state index in [1.807, 2.05) is 17.0 Å². The number of benzene rings is 2. The Morgan fingerprint density at radius 2 is 1.76 bits per heavy atom. The summed E-state index contributed by atoms with van der Waals surface area (Å²) in [7, 11) is 0. The quantitative estimate of drug-likeness (QED) is 0.440. The molecule has 33 heavy (non-hydrogen) atoms. The summed E-state index contributed by atoms with van der Waals surface area (Å²) in [5.74, 6) is 0.840. The first-order chi connectivity index (χ1) is 15.8. The van der Waals surface area contributed by atoms with E-state index in [0.717, 1.165) is 66.2 Å². The molecule has 2 aromatic carbocycles. The maximum atomic E-state index is 13.5. The third-order valence-corrected chi connectivity index (χ3v) is 8.57. The summed E-state index contributed by atoms with van der Waals surface area (Å²) in [6.07, 6.45) is 5.87. The highest BCUT2D eigenvalue weighted by Gasteiger charge is 2.39. The lowest BCUT2D eigenvalue weighted by atomic mass is 9.70. The van der Waals surface area contributed by atoms with Gasteiger partial charge in [0.25, 0.3) is 0 Å². The average Bonchev–Trinajstić information content (AvgIpc) is 2.78. The number of halogens is 4. The standard InChI is InChI=1S/C26H30Cl3FN2O/c1-3-16-10-22(27)21(23(28)11-16)12-17-4-7-20-8-5-18(15(17)2)14-32(20)26(33)31-19-6-9-25(30)24(29)13-19/h6,9-11,13,15,17-18,20H,3-5,7-8,12,14H2,1-2H3,(H,31,33). The number of nitrogens with zero attached hydrogens (tertiary/aromatic N) is 1. The molecule has 1 aliphatic carbocycles. The number of urea groups is 1. The zero-order valence-electron chi connectivity index (χ0n) is 19.0. The van der Waals surface area contributed by atoms with Crippen molar-refractivity contribution < 1.29 is 9.18 Å². The summed E-state index contributed by atoms with van der Waals surface area (Å²) in [5.41, 5.74) is 2.71. The second-order valence-corrected chi connectivity index (χ2v) is 10.7. The third kappa shape index (κ3) is 5.44. The SMILES string of the molecule is CCc1cc(Cl)c(CC2CCC3CCC(CN3C(=O)Nc3ccc(F)c(Cl)c3)C2C)c(Cl)c1. The number of nitrogens with one attached hydrogen (secondary N) is 1. The molecule has 2 aromatic rings. The minimum absolute atomic E-state index is 0.00254. The molecule has 0 aromatic heterocycles. The van der Waals surface area contributed by atoms with Gasteiger partial charge >= 0.3 is 6.03 Å². The van der Waals surface area contributed by atoms with Crippen LogP contribution < -0.4 is 5.32 Å². The lowest BCUT2D eigenvalue weighted by Crippen LogP contribution is -2.52. The summed E-state index contributed by atoms with van der Waals surface area (Å²) in [5, 5.41) is 4.43. The van der Waals surface area contributed by atoms with E-state index in [2.05, 4.69) is 19.2 Å². The molecule has 1 saturated carbocycles. The van der Waals surface area contributed by atoms with Crippen molar-refractivity contribution in [3.8, 4) is 0 Å². The molecular formula is C26H30Cl3FN2O. The fourth-order valence-electron chi connectivity index (χ4n) is 5.46. The van der Waals surface area contributed by atoms with E-state index in [1.165, 1.54) is 18.2 Å². The Balaban J connectivity index is 1.47. The number of amides is 2. The predicted molar refractivity (Wildman–Crippen MR) is 135 cm³/mol. The number of rotatable bonds is 4. The Kier molecular flexibility index (Phi) is 7.77. The molecule has 2 bridgehead atoms. The first-order valence-corrected chi connectivity index (χ1v) is 12.9. The van der Waals surface area contributed by atoms with Crippen LogP contribution in [-0.4, -0.2) is 23.5 Å². The van der Waals surface area contributed by atoms with Crippen LogP contribution in [0.3, 0.4) is 0 Å². The van der Waals surface area contributed by atoms with Crippen LogP contribution in [0.25, 0.3) is 0 Å². The van der Waals surface area contributed by atoms with Crippen LogP contribution in [0.4, 0.5) is 14.9 Å². The van der Waals surface area contributed by atoms with Gasteiger partial charge in [0.1, 0.15) is 5.82 Å². The molecule has 1 N–H and O–H groups in total. The molecule has 7 heteroatoms. The monoisotopic (exact) mass is 510 g/mol. The van der Waals surface area contributed by atoms with Gasteiger partial charge in [-0.15, -0.1) is 0 Å². The molecule has 5 rings (SSSR count). The van der Waals surface area contributed by atoms with Gasteiger partial charge in [-0.2, -0.15) is 0 Å². The van der Waals surface area contributed by atoms with Crippen LogP contribution in [0.5, 0.6) is 0 Å². The molecule has 3 nitrogen and oxygen atoms in total. The van der Waals surface area contributed by atoms with E-state index >= 15 is 0 Å². The first kappa shape index (κ1) is 24.6. The van der Waals surface area contributed by atoms with Gasteiger partial charge in [-0.05, 0) is 97.7 Å². The summed E-state index contributed by atoms with van der Waals surface area (Å²) < 4.78 is 13.5. The highest BCUT2D eigenvalue weighted by Crippen LogP contribution is 2.42. The van der Waals surface area contributed by atoms with Crippen molar-refractivity contribution in [1.29, 1.82) is 0 Å². The van der Waals surface area contributed by atoms with Gasteiger partial charge in [0.05, 0.1) is 5.02 Å². The Morgan fingerprint density at radius 3 is 2.42 bits per heavy atom. The van der Waals surface area contributed by atoms with Crippen molar-refractivity contribution in [3.63, 3.8) is 0 Å². The van der Waals surface area contributed by atoms with E-state index in [9.17, 15) is 9.18 Å². The van der Waals surface area contributed by atoms with Crippen LogP contribution in [0.1, 0.15) is 50.7 Å². The highest BCUT2D eigenvalue weighted by molar-refractivity contribution is 6.36. The number of piperidine rings is 1. The van der Waals surface area contributed by atoms with Crippen molar-refractivity contribution >= 4 is 46.5 Å². The van der Waals surface area contributed by atoms with E-state index in [0.29, 0.717) is 23.4 Å². The van der Waals surface area contributed by atoms with E-state index < -0.39 is 5.82 Å². The topological polar surface area (TPSA) is 32.3 Å². The van der Waals surface area contributed by atoms with E-state index in [4.69, 9.17) is 34.8 Å². The molecule has 2 amide bonds. The molecule has 4 unspecified atom stereocenters. The normalized spacial score (nSPS) is 25.0. The molecular weight excluding hydrogens is 482 g/mol. The van der Waals surface area contributed by atoms with Crippen LogP contribution in [0, 0.1) is 23.6 Å². The molecule has 3 fully saturated rings. The van der Waals surface area contributed by atoms with Gasteiger partial charge in [0.2, 0.25) is 0 Å². The van der Waals surface area contributed by atoms with Gasteiger partial charge in [0, 0.05) is 28.3 Å². The maximum Gasteiger partial charge on any atom is 0.322 e. The van der Waals surface area contributed by atoms with Gasteiger partial charge in [-0.25, -0.2) is 9.18 Å². The molecule has 2 aliphatic heterocycles. The van der Waals surface area contributed by atoms with Crippen molar-refractivity contribution in [2.45, 2.75) is 58.4 Å². The predicted octanol–water partition coefficient (Wildman–Crippen LogP) is 8.25. The number of carbonyl (C=O) groups is 1. The zero-order valence-corrected chi connectivity index (χ0v) is 21.3. The largest absolute Gasteiger partial charge is 0.322 e. The van der Waals surface area contributed by atoms with Crippen LogP contribution >= 0.6 is 34.8 Å². The van der Waals surface area contributed by atoms with E-state index in [-0.39, 0.29) is 17.1 Å². The van der Waals surface area contributed by atoms with Gasteiger partial charge in [-0.1, -0.05) is 48.7 Å². The lowest BCUT2D eigenvalue weighted by Gasteiger charge is -2.46. The highest BCUT2D eigenvalue weighted by atomic mass is 35.5. The number of hydrogen-bond donors (Lipinski definition) is 1. The minimum atomic E-state index is -0.496. The van der Waals surface area contributed by atoms with Gasteiger partial charge < -0.3 is 10.2 Å². The summed E-state index contributed by atoms with van der Waals surface area (Å²) in [4.78, 5) is 15.1. The Labute approximate surface area is 210 Å². The van der Waals surface area contributed by atoms with Crippen LogP contribution in [0.15, 0.2) is 30.3 Å². The lowest BCUT2D eigenvalue weighted by molar-refractivity contribution is 0.0583. The Hall–Kier alpha value is -1.49. The molecule has 0 radical (unpaired) electrons. The van der Waals surface area contributed by atoms with Crippen molar-refractivity contribution in [3.05, 3.63) is 62.3 Å². The smallest absolute Gasteiger partial charge is 0.321 e. The number of aryl methyl sites for hydroxylation is 1. The van der Waals surface area contributed by atoms with Crippen molar-refractivity contribution in [2.75, 3.05) is 11.9 Å². The summed E-state index contributed by atoms with van der Waals surface area (Å²) in [6, 6.07) is 8.39. The molecule has 2 saturated heterocycles. The number of carbonyl (C=O) groups excluding carboxylic acids is 1. The maximum absolute atomic E-state index is 13.5. The average molecular weight is 512 g/mol. The van der Waals surface area contributed by atoms with Crippen molar-refractivity contribution in [2.24, 2.45) is 17.8 Å². The number of anilines is 1. The molecule has 0 spiro atoms. The molecule has 178 valence electrons. The molecule has 2 heterocycles.